The van der Waals surface area contributed by atoms with Gasteiger partial charge in [0.2, 0.25) is 5.91 Å². The van der Waals surface area contributed by atoms with Gasteiger partial charge in [-0.1, -0.05) is 6.07 Å². The summed E-state index contributed by atoms with van der Waals surface area (Å²) < 4.78 is 34.8. The molecule has 0 aliphatic carbocycles. The van der Waals surface area contributed by atoms with Crippen LogP contribution in [0.1, 0.15) is 18.4 Å². The van der Waals surface area contributed by atoms with Crippen LogP contribution in [-0.4, -0.2) is 38.2 Å². The lowest BCUT2D eigenvalue weighted by Crippen LogP contribution is -2.44. The summed E-state index contributed by atoms with van der Waals surface area (Å²) >= 11 is 0. The van der Waals surface area contributed by atoms with E-state index >= 15 is 0 Å². The summed E-state index contributed by atoms with van der Waals surface area (Å²) in [7, 11) is 0. The normalized spacial score (nSPS) is 16.4. The minimum atomic E-state index is -2.55. The van der Waals surface area contributed by atoms with Crippen LogP contribution in [0.25, 0.3) is 0 Å². The van der Waals surface area contributed by atoms with Crippen molar-refractivity contribution in [3.8, 4) is 5.75 Å². The fraction of sp³-hybridized carbons (Fsp3) is 0.562. The van der Waals surface area contributed by atoms with E-state index in [9.17, 15) is 13.6 Å². The van der Waals surface area contributed by atoms with E-state index in [0.717, 1.165) is 18.4 Å². The number of benzene rings is 1. The molecule has 1 unspecified atom stereocenters. The minimum Gasteiger partial charge on any atom is -0.487 e. The molecule has 1 aliphatic heterocycles. The van der Waals surface area contributed by atoms with Crippen LogP contribution in [0.3, 0.4) is 0 Å². The first-order valence-corrected chi connectivity index (χ1v) is 7.63. The fourth-order valence-electron chi connectivity index (χ4n) is 2.50. The molecule has 2 rings (SSSR count). The van der Waals surface area contributed by atoms with E-state index in [0.29, 0.717) is 24.7 Å². The molecule has 0 radical (unpaired) electrons. The number of anilines is 1. The summed E-state index contributed by atoms with van der Waals surface area (Å²) in [5.41, 5.74) is 7.21. The van der Waals surface area contributed by atoms with E-state index in [1.165, 1.54) is 6.07 Å². The van der Waals surface area contributed by atoms with Gasteiger partial charge in [-0.25, -0.2) is 8.78 Å². The number of hydrogen-bond acceptors (Lipinski definition) is 4. The van der Waals surface area contributed by atoms with Crippen LogP contribution in [0.5, 0.6) is 5.75 Å². The molecule has 1 amide bonds. The smallest absolute Gasteiger partial charge is 0.272 e. The predicted molar refractivity (Wildman–Crippen MR) is 90.1 cm³/mol. The Hall–Kier alpha value is -1.44. The SMILES string of the molecule is Cc1ccc(NC(=O)C(N)C2CCOCC2)cc1OCC(F)F.Cl. The van der Waals surface area contributed by atoms with Crippen molar-refractivity contribution in [2.75, 3.05) is 25.1 Å². The number of amides is 1. The number of nitrogens with one attached hydrogen (secondary N) is 1. The van der Waals surface area contributed by atoms with Gasteiger partial charge in [-0.05, 0) is 37.3 Å². The lowest BCUT2D eigenvalue weighted by Gasteiger charge is -2.26. The van der Waals surface area contributed by atoms with Crippen LogP contribution in [0.4, 0.5) is 14.5 Å². The minimum absolute atomic E-state index is 0. The van der Waals surface area contributed by atoms with Crippen LogP contribution >= 0.6 is 12.4 Å². The van der Waals surface area contributed by atoms with Crippen molar-refractivity contribution in [3.63, 3.8) is 0 Å². The third kappa shape index (κ3) is 5.89. The Bertz CT molecular complexity index is 540. The van der Waals surface area contributed by atoms with Gasteiger partial charge in [0.25, 0.3) is 6.43 Å². The number of carbonyl (C=O) groups excluding carboxylic acids is 1. The summed E-state index contributed by atoms with van der Waals surface area (Å²) in [6, 6.07) is 4.31. The summed E-state index contributed by atoms with van der Waals surface area (Å²) in [4.78, 5) is 12.2. The zero-order valence-corrected chi connectivity index (χ0v) is 14.3. The Morgan fingerprint density at radius 3 is 2.71 bits per heavy atom. The van der Waals surface area contributed by atoms with Crippen LogP contribution < -0.4 is 15.8 Å². The highest BCUT2D eigenvalue weighted by Gasteiger charge is 2.26. The Kier molecular flexibility index (Phi) is 8.38. The van der Waals surface area contributed by atoms with Gasteiger partial charge in [-0.3, -0.25) is 4.79 Å². The van der Waals surface area contributed by atoms with Gasteiger partial charge in [0, 0.05) is 25.0 Å². The van der Waals surface area contributed by atoms with Crippen molar-refractivity contribution in [1.82, 2.24) is 0 Å². The molecule has 1 aromatic carbocycles. The van der Waals surface area contributed by atoms with Crippen LogP contribution in [0.15, 0.2) is 18.2 Å². The second-order valence-electron chi connectivity index (χ2n) is 5.65. The molecule has 0 aromatic heterocycles. The van der Waals surface area contributed by atoms with Gasteiger partial charge >= 0.3 is 0 Å². The number of hydrogen-bond donors (Lipinski definition) is 2. The molecule has 1 saturated heterocycles. The summed E-state index contributed by atoms with van der Waals surface area (Å²) in [5, 5.41) is 2.72. The molecule has 3 N–H and O–H groups in total. The molecule has 8 heteroatoms. The molecular weight excluding hydrogens is 342 g/mol. The maximum absolute atomic E-state index is 12.3. The van der Waals surface area contributed by atoms with Crippen molar-refractivity contribution in [1.29, 1.82) is 0 Å². The molecule has 1 fully saturated rings. The Morgan fingerprint density at radius 2 is 2.08 bits per heavy atom. The number of nitrogens with two attached hydrogens (primary N) is 1. The summed E-state index contributed by atoms with van der Waals surface area (Å²) in [6.45, 7) is 2.30. The number of alkyl halides is 2. The molecule has 0 saturated carbocycles. The standard InChI is InChI=1S/C16H22F2N2O3.ClH/c1-10-2-3-12(8-13(10)23-9-14(17)18)20-16(21)15(19)11-4-6-22-7-5-11;/h2-3,8,11,14-15H,4-7,9,19H2,1H3,(H,20,21);1H. The van der Waals surface area contributed by atoms with Gasteiger partial charge in [0.1, 0.15) is 12.4 Å². The van der Waals surface area contributed by atoms with Crippen LogP contribution in [-0.2, 0) is 9.53 Å². The maximum Gasteiger partial charge on any atom is 0.272 e. The average Bonchev–Trinajstić information content (AvgIpc) is 2.55. The number of aryl methyl sites for hydroxylation is 1. The molecule has 24 heavy (non-hydrogen) atoms. The number of rotatable bonds is 6. The fourth-order valence-corrected chi connectivity index (χ4v) is 2.50. The maximum atomic E-state index is 12.3. The van der Waals surface area contributed by atoms with Gasteiger partial charge in [0.15, 0.2) is 0 Å². The van der Waals surface area contributed by atoms with E-state index in [1.807, 2.05) is 0 Å². The molecule has 5 nitrogen and oxygen atoms in total. The largest absolute Gasteiger partial charge is 0.487 e. The molecule has 1 atom stereocenters. The Labute approximate surface area is 146 Å². The van der Waals surface area contributed by atoms with Gasteiger partial charge < -0.3 is 20.5 Å². The van der Waals surface area contributed by atoms with Crippen LogP contribution in [0, 0.1) is 12.8 Å². The molecule has 1 aromatic rings. The summed E-state index contributed by atoms with van der Waals surface area (Å²) in [5.74, 6) is 0.118. The predicted octanol–water partition coefficient (Wildman–Crippen LogP) is 2.75. The number of ether oxygens (including phenoxy) is 2. The highest BCUT2D eigenvalue weighted by Crippen LogP contribution is 2.24. The van der Waals surface area contributed by atoms with Crippen LogP contribution in [0.2, 0.25) is 0 Å². The lowest BCUT2D eigenvalue weighted by atomic mass is 9.92. The van der Waals surface area contributed by atoms with E-state index in [-0.39, 0.29) is 24.2 Å². The molecule has 136 valence electrons. The molecule has 0 spiro atoms. The number of halogens is 3. The topological polar surface area (TPSA) is 73.6 Å². The zero-order chi connectivity index (χ0) is 16.8. The molecule has 1 heterocycles. The van der Waals surface area contributed by atoms with E-state index < -0.39 is 19.1 Å². The van der Waals surface area contributed by atoms with Gasteiger partial charge in [0.05, 0.1) is 6.04 Å². The molecule has 1 aliphatic rings. The molecule has 0 bridgehead atoms. The first-order valence-electron chi connectivity index (χ1n) is 7.63. The monoisotopic (exact) mass is 364 g/mol. The second-order valence-corrected chi connectivity index (χ2v) is 5.65. The first kappa shape index (κ1) is 20.6. The second kappa shape index (κ2) is 9.76. The Morgan fingerprint density at radius 1 is 1.42 bits per heavy atom. The van der Waals surface area contributed by atoms with E-state index in [2.05, 4.69) is 5.32 Å². The van der Waals surface area contributed by atoms with Crippen molar-refractivity contribution in [3.05, 3.63) is 23.8 Å². The first-order chi connectivity index (χ1) is 11.0. The van der Waals surface area contributed by atoms with Crippen molar-refractivity contribution < 1.29 is 23.0 Å². The van der Waals surface area contributed by atoms with E-state index in [1.54, 1.807) is 19.1 Å². The average molecular weight is 365 g/mol. The number of carbonyl (C=O) groups is 1. The zero-order valence-electron chi connectivity index (χ0n) is 13.5. The third-order valence-corrected chi connectivity index (χ3v) is 3.90. The van der Waals surface area contributed by atoms with Crippen molar-refractivity contribution in [2.24, 2.45) is 11.7 Å². The van der Waals surface area contributed by atoms with Crippen molar-refractivity contribution >= 4 is 24.0 Å². The highest BCUT2D eigenvalue weighted by molar-refractivity contribution is 5.95. The van der Waals surface area contributed by atoms with Crippen molar-refractivity contribution in [2.45, 2.75) is 32.2 Å². The highest BCUT2D eigenvalue weighted by atomic mass is 35.5. The summed E-state index contributed by atoms with van der Waals surface area (Å²) in [6.07, 6.45) is -1.04. The third-order valence-electron chi connectivity index (χ3n) is 3.90. The van der Waals surface area contributed by atoms with Gasteiger partial charge in [-0.15, -0.1) is 12.4 Å². The Balaban J connectivity index is 0.00000288. The molecular formula is C16H23ClF2N2O3. The quantitative estimate of drug-likeness (QED) is 0.814. The van der Waals surface area contributed by atoms with Gasteiger partial charge in [-0.2, -0.15) is 0 Å². The lowest BCUT2D eigenvalue weighted by molar-refractivity contribution is -0.119. The van der Waals surface area contributed by atoms with E-state index in [4.69, 9.17) is 15.2 Å².